The van der Waals surface area contributed by atoms with Crippen LogP contribution >= 0.6 is 0 Å². The Bertz CT molecular complexity index is 851. The number of likely N-dealkylation sites (tertiary alicyclic amines) is 1. The predicted molar refractivity (Wildman–Crippen MR) is 110 cm³/mol. The van der Waals surface area contributed by atoms with Gasteiger partial charge in [0.05, 0.1) is 0 Å². The third kappa shape index (κ3) is 6.43. The van der Waals surface area contributed by atoms with Gasteiger partial charge in [0.2, 0.25) is 0 Å². The molecular weight excluding hydrogens is 372 g/mol. The van der Waals surface area contributed by atoms with Crippen molar-refractivity contribution in [2.24, 2.45) is 5.92 Å². The van der Waals surface area contributed by atoms with Crippen LogP contribution in [0.25, 0.3) is 6.08 Å². The van der Waals surface area contributed by atoms with Gasteiger partial charge in [-0.05, 0) is 86.9 Å². The van der Waals surface area contributed by atoms with Gasteiger partial charge in [-0.2, -0.15) is 0 Å². The van der Waals surface area contributed by atoms with Gasteiger partial charge in [-0.25, -0.2) is 8.78 Å². The summed E-state index contributed by atoms with van der Waals surface area (Å²) in [5.41, 5.74) is 1.35. The van der Waals surface area contributed by atoms with Gasteiger partial charge in [-0.1, -0.05) is 18.2 Å². The molecule has 2 aromatic carbocycles. The third-order valence-electron chi connectivity index (χ3n) is 5.34. The van der Waals surface area contributed by atoms with Gasteiger partial charge in [0.1, 0.15) is 11.6 Å². The molecule has 1 heterocycles. The van der Waals surface area contributed by atoms with Gasteiger partial charge in [-0.15, -0.1) is 0 Å². The summed E-state index contributed by atoms with van der Waals surface area (Å²) in [5.74, 6) is -0.475. The maximum Gasteiger partial charge on any atom is 0.162 e. The molecule has 29 heavy (non-hydrogen) atoms. The highest BCUT2D eigenvalue weighted by Gasteiger charge is 2.23. The van der Waals surface area contributed by atoms with Crippen LogP contribution in [-0.4, -0.2) is 36.1 Å². The molecule has 0 spiro atoms. The zero-order valence-corrected chi connectivity index (χ0v) is 16.3. The number of benzene rings is 2. The minimum Gasteiger partial charge on any atom is -0.303 e. The van der Waals surface area contributed by atoms with Crippen molar-refractivity contribution >= 4 is 17.6 Å². The number of Topliss-reactive ketones (excluding diaryl/α,β-unsaturated/α-hetero) is 1. The zero-order valence-electron chi connectivity index (χ0n) is 16.3. The largest absolute Gasteiger partial charge is 0.303 e. The smallest absolute Gasteiger partial charge is 0.162 e. The summed E-state index contributed by atoms with van der Waals surface area (Å²) in [6.07, 6.45) is 6.12. The van der Waals surface area contributed by atoms with Crippen LogP contribution in [0.3, 0.4) is 0 Å². The van der Waals surface area contributed by atoms with Crippen molar-refractivity contribution in [2.75, 3.05) is 19.6 Å². The fourth-order valence-corrected chi connectivity index (χ4v) is 3.57. The summed E-state index contributed by atoms with van der Waals surface area (Å²) in [4.78, 5) is 26.8. The summed E-state index contributed by atoms with van der Waals surface area (Å²) < 4.78 is 25.8. The molecule has 0 N–H and O–H groups in total. The molecule has 0 radical (unpaired) electrons. The number of halogens is 2. The minimum atomic E-state index is -0.341. The summed E-state index contributed by atoms with van der Waals surface area (Å²) in [5, 5.41) is 0. The Morgan fingerprint density at radius 3 is 2.14 bits per heavy atom. The molecule has 0 bridgehead atoms. The quantitative estimate of drug-likeness (QED) is 0.469. The Kier molecular flexibility index (Phi) is 7.42. The number of hydrogen-bond donors (Lipinski definition) is 0. The van der Waals surface area contributed by atoms with Crippen LogP contribution in [-0.2, 0) is 4.79 Å². The molecule has 0 unspecified atom stereocenters. The molecule has 0 saturated carbocycles. The lowest BCUT2D eigenvalue weighted by atomic mass is 9.92. The van der Waals surface area contributed by atoms with Gasteiger partial charge >= 0.3 is 0 Å². The molecular formula is C24H25F2NO2. The molecule has 3 rings (SSSR count). The van der Waals surface area contributed by atoms with Crippen LogP contribution in [0.2, 0.25) is 0 Å². The SMILES string of the molecule is O=C(CCCN1CCC(C(=O)C=Cc2ccc(F)cc2)CC1)c1ccc(F)cc1. The third-order valence-corrected chi connectivity index (χ3v) is 5.34. The maximum atomic E-state index is 12.9. The summed E-state index contributed by atoms with van der Waals surface area (Å²) in [6, 6.07) is 11.7. The van der Waals surface area contributed by atoms with E-state index in [4.69, 9.17) is 0 Å². The molecule has 2 aromatic rings. The highest BCUT2D eigenvalue weighted by Crippen LogP contribution is 2.20. The van der Waals surface area contributed by atoms with E-state index in [0.29, 0.717) is 12.0 Å². The van der Waals surface area contributed by atoms with Gasteiger partial charge in [0, 0.05) is 17.9 Å². The van der Waals surface area contributed by atoms with E-state index in [1.807, 2.05) is 0 Å². The number of ketones is 2. The molecule has 1 fully saturated rings. The fraction of sp³-hybridized carbons (Fsp3) is 0.333. The van der Waals surface area contributed by atoms with Crippen molar-refractivity contribution in [1.29, 1.82) is 0 Å². The van der Waals surface area contributed by atoms with Crippen molar-refractivity contribution < 1.29 is 18.4 Å². The van der Waals surface area contributed by atoms with Crippen molar-refractivity contribution in [1.82, 2.24) is 4.90 Å². The van der Waals surface area contributed by atoms with E-state index < -0.39 is 0 Å². The van der Waals surface area contributed by atoms with E-state index in [0.717, 1.165) is 44.5 Å². The fourth-order valence-electron chi connectivity index (χ4n) is 3.57. The zero-order chi connectivity index (χ0) is 20.6. The molecule has 1 saturated heterocycles. The lowest BCUT2D eigenvalue weighted by Crippen LogP contribution is -2.36. The van der Waals surface area contributed by atoms with Crippen molar-refractivity contribution in [3.8, 4) is 0 Å². The standard InChI is InChI=1S/C24H25F2NO2/c25-21-8-3-18(4-9-21)5-12-24(29)20-13-16-27(17-14-20)15-1-2-23(28)19-6-10-22(26)11-7-19/h3-12,20H,1-2,13-17H2. The van der Waals surface area contributed by atoms with E-state index in [9.17, 15) is 18.4 Å². The van der Waals surface area contributed by atoms with E-state index in [1.54, 1.807) is 24.3 Å². The number of hydrogen-bond acceptors (Lipinski definition) is 3. The van der Waals surface area contributed by atoms with Crippen LogP contribution in [0.5, 0.6) is 0 Å². The number of carbonyl (C=O) groups is 2. The number of carbonyl (C=O) groups excluding carboxylic acids is 2. The number of nitrogens with zero attached hydrogens (tertiary/aromatic N) is 1. The molecule has 152 valence electrons. The van der Waals surface area contributed by atoms with Crippen molar-refractivity contribution in [2.45, 2.75) is 25.7 Å². The van der Waals surface area contributed by atoms with E-state index in [2.05, 4.69) is 4.90 Å². The second-order valence-electron chi connectivity index (χ2n) is 7.44. The van der Waals surface area contributed by atoms with E-state index in [-0.39, 0.29) is 29.1 Å². The monoisotopic (exact) mass is 397 g/mol. The predicted octanol–water partition coefficient (Wildman–Crippen LogP) is 4.92. The van der Waals surface area contributed by atoms with Gasteiger partial charge in [-0.3, -0.25) is 9.59 Å². The Hall–Kier alpha value is -2.66. The first kappa shape index (κ1) is 21.1. The Morgan fingerprint density at radius 1 is 0.931 bits per heavy atom. The number of piperidine rings is 1. The molecule has 3 nitrogen and oxygen atoms in total. The second kappa shape index (κ2) is 10.2. The van der Waals surface area contributed by atoms with Gasteiger partial charge < -0.3 is 4.90 Å². The van der Waals surface area contributed by atoms with E-state index in [1.165, 1.54) is 36.4 Å². The maximum absolute atomic E-state index is 12.9. The normalized spacial score (nSPS) is 15.7. The first-order valence-corrected chi connectivity index (χ1v) is 10.00. The molecule has 0 aromatic heterocycles. The summed E-state index contributed by atoms with van der Waals surface area (Å²) in [6.45, 7) is 2.50. The van der Waals surface area contributed by atoms with Crippen molar-refractivity contribution in [3.63, 3.8) is 0 Å². The lowest BCUT2D eigenvalue weighted by Gasteiger charge is -2.30. The molecule has 0 aliphatic carbocycles. The average molecular weight is 397 g/mol. The van der Waals surface area contributed by atoms with Gasteiger partial charge in [0.15, 0.2) is 11.6 Å². The summed E-state index contributed by atoms with van der Waals surface area (Å²) in [7, 11) is 0. The van der Waals surface area contributed by atoms with Crippen LogP contribution in [0.1, 0.15) is 41.6 Å². The highest BCUT2D eigenvalue weighted by molar-refractivity contribution is 5.96. The van der Waals surface area contributed by atoms with Crippen LogP contribution in [0.15, 0.2) is 54.6 Å². The van der Waals surface area contributed by atoms with Crippen LogP contribution in [0, 0.1) is 17.6 Å². The lowest BCUT2D eigenvalue weighted by molar-refractivity contribution is -0.119. The van der Waals surface area contributed by atoms with Crippen LogP contribution < -0.4 is 0 Å². The topological polar surface area (TPSA) is 37.4 Å². The van der Waals surface area contributed by atoms with E-state index >= 15 is 0 Å². The molecule has 0 atom stereocenters. The minimum absolute atomic E-state index is 0.0174. The molecule has 1 aliphatic heterocycles. The molecule has 1 aliphatic rings. The average Bonchev–Trinajstić information content (AvgIpc) is 2.74. The summed E-state index contributed by atoms with van der Waals surface area (Å²) >= 11 is 0. The van der Waals surface area contributed by atoms with Crippen molar-refractivity contribution in [3.05, 3.63) is 77.4 Å². The first-order chi connectivity index (χ1) is 14.0. The Balaban J connectivity index is 1.37. The first-order valence-electron chi connectivity index (χ1n) is 10.00. The Morgan fingerprint density at radius 2 is 1.52 bits per heavy atom. The molecule has 5 heteroatoms. The number of rotatable bonds is 8. The number of allylic oxidation sites excluding steroid dienone is 1. The molecule has 0 amide bonds. The van der Waals surface area contributed by atoms with Gasteiger partial charge in [0.25, 0.3) is 0 Å². The second-order valence-corrected chi connectivity index (χ2v) is 7.44. The van der Waals surface area contributed by atoms with Crippen LogP contribution in [0.4, 0.5) is 8.78 Å². The Labute approximate surface area is 170 Å². The highest BCUT2D eigenvalue weighted by atomic mass is 19.1.